The third-order valence-corrected chi connectivity index (χ3v) is 16.1. The number of amides is 11. The normalized spacial score (nSPS) is 26.1. The van der Waals surface area contributed by atoms with Crippen LogP contribution in [0.5, 0.6) is 0 Å². The van der Waals surface area contributed by atoms with Gasteiger partial charge in [-0.05, 0) is 101 Å². The zero-order valence-corrected chi connectivity index (χ0v) is 59.7. The van der Waals surface area contributed by atoms with Crippen molar-refractivity contribution < 1.29 is 62.1 Å². The highest BCUT2D eigenvalue weighted by atomic mass is 32.2. The van der Waals surface area contributed by atoms with Gasteiger partial charge in [-0.1, -0.05) is 109 Å². The molecular formula is C64H117N11O13S. The van der Waals surface area contributed by atoms with E-state index in [2.05, 4.69) is 21.3 Å². The minimum Gasteiger partial charge on any atom is -0.390 e. The number of nitrogens with one attached hydrogen (secondary N) is 4. The van der Waals surface area contributed by atoms with Crippen LogP contribution in [0.4, 0.5) is 0 Å². The molecule has 0 saturated carbocycles. The summed E-state index contributed by atoms with van der Waals surface area (Å²) in [5, 5.41) is 23.1. The van der Waals surface area contributed by atoms with E-state index >= 15 is 9.59 Å². The van der Waals surface area contributed by atoms with E-state index in [0.717, 1.165) is 9.80 Å². The van der Waals surface area contributed by atoms with Gasteiger partial charge in [0, 0.05) is 72.6 Å². The molecule has 1 aliphatic rings. The van der Waals surface area contributed by atoms with Crippen LogP contribution in [0.15, 0.2) is 12.2 Å². The van der Waals surface area contributed by atoms with E-state index in [1.54, 1.807) is 67.1 Å². The minimum absolute atomic E-state index is 0.0229. The smallest absolute Gasteiger partial charge is 0.246 e. The minimum atomic E-state index is -1.61. The van der Waals surface area contributed by atoms with Gasteiger partial charge in [-0.15, -0.1) is 0 Å². The summed E-state index contributed by atoms with van der Waals surface area (Å²) in [5.74, 6) is -9.71. The zero-order valence-electron chi connectivity index (χ0n) is 58.9. The molecule has 0 aromatic carbocycles. The van der Waals surface area contributed by atoms with Gasteiger partial charge < -0.3 is 60.7 Å². The average Bonchev–Trinajstić information content (AvgIpc) is 0.999. The number of rotatable bonds is 15. The number of likely N-dealkylation sites (N-methyl/N-ethyl adjacent to an activating group) is 7. The van der Waals surface area contributed by atoms with Gasteiger partial charge in [-0.2, -0.15) is 0 Å². The number of hydrogen-bond acceptors (Lipinski definition) is 13. The Balaban J connectivity index is 0.0000187. The lowest BCUT2D eigenvalue weighted by Gasteiger charge is -2.41. The van der Waals surface area contributed by atoms with E-state index in [-0.39, 0.29) is 55.8 Å². The SMILES string of the molecule is C/C=C/C[C@@H](C)[C@@H](O)[C@H]1C(=O)N[C@@H](CC)C(=O)N(C)CC(=O)N(C)[C@@H](CC(C)C)C(=O)N[C@@H](C(C)C)C(=O)N(C)[C@@H](CC(C)C)C(=O)N[C@@H](C)C(=O)N[C@H](C)C(=O)N(C)[C@@H](CC(C)C)C(=O)N(C)[C@@H](CC(C)C)C(=O)N(C)[C@@H](C(C)C)C(=O)N1C.CS(C)=O. The van der Waals surface area contributed by atoms with Crippen LogP contribution in [-0.4, -0.2) is 244 Å². The summed E-state index contributed by atoms with van der Waals surface area (Å²) in [5.41, 5.74) is 0. The fourth-order valence-corrected chi connectivity index (χ4v) is 10.7. The first kappa shape index (κ1) is 83.0. The molecule has 512 valence electrons. The van der Waals surface area contributed by atoms with Crippen molar-refractivity contribution in [2.75, 3.05) is 68.4 Å². The number of nitrogens with zero attached hydrogens (tertiary/aromatic N) is 7. The molecule has 1 aliphatic heterocycles. The predicted octanol–water partition coefficient (Wildman–Crippen LogP) is 3.26. The molecule has 1 rings (SSSR count). The first-order chi connectivity index (χ1) is 40.9. The third-order valence-electron chi connectivity index (χ3n) is 16.1. The topological polar surface area (TPSA) is 296 Å². The van der Waals surface area contributed by atoms with Crippen LogP contribution >= 0.6 is 0 Å². The van der Waals surface area contributed by atoms with Crippen LogP contribution in [0.25, 0.3) is 0 Å². The summed E-state index contributed by atoms with van der Waals surface area (Å²) in [7, 11) is 9.30. The second-order valence-electron chi connectivity index (χ2n) is 26.8. The van der Waals surface area contributed by atoms with Gasteiger partial charge in [0.05, 0.1) is 12.6 Å². The van der Waals surface area contributed by atoms with E-state index in [9.17, 15) is 52.5 Å². The Morgan fingerprint density at radius 1 is 0.483 bits per heavy atom. The highest BCUT2D eigenvalue weighted by Gasteiger charge is 2.45. The van der Waals surface area contributed by atoms with Crippen LogP contribution in [0.2, 0.25) is 0 Å². The molecule has 0 aromatic rings. The van der Waals surface area contributed by atoms with E-state index in [4.69, 9.17) is 0 Å². The molecule has 0 radical (unpaired) electrons. The van der Waals surface area contributed by atoms with Gasteiger partial charge in [0.15, 0.2) is 0 Å². The van der Waals surface area contributed by atoms with Crippen molar-refractivity contribution in [1.29, 1.82) is 0 Å². The summed E-state index contributed by atoms with van der Waals surface area (Å²) in [6.07, 6.45) is 6.32. The van der Waals surface area contributed by atoms with E-state index < -0.39 is 167 Å². The van der Waals surface area contributed by atoms with Crippen molar-refractivity contribution in [2.45, 2.75) is 223 Å². The third kappa shape index (κ3) is 25.3. The second-order valence-corrected chi connectivity index (χ2v) is 28.3. The number of carbonyl (C=O) groups is 11. The Kier molecular flexibility index (Phi) is 36.1. The number of aliphatic hydroxyl groups excluding tert-OH is 1. The maximum Gasteiger partial charge on any atom is 0.246 e. The molecule has 1 fully saturated rings. The fourth-order valence-electron chi connectivity index (χ4n) is 10.7. The van der Waals surface area contributed by atoms with Gasteiger partial charge in [0.2, 0.25) is 65.0 Å². The maximum absolute atomic E-state index is 15.1. The van der Waals surface area contributed by atoms with Crippen molar-refractivity contribution in [2.24, 2.45) is 41.4 Å². The quantitative estimate of drug-likeness (QED) is 0.147. The molecule has 24 nitrogen and oxygen atoms in total. The van der Waals surface area contributed by atoms with Crippen LogP contribution < -0.4 is 21.3 Å². The van der Waals surface area contributed by atoms with E-state index in [1.165, 1.54) is 87.7 Å². The molecule has 0 unspecified atom stereocenters. The van der Waals surface area contributed by atoms with Crippen LogP contribution in [0.1, 0.15) is 156 Å². The van der Waals surface area contributed by atoms with Gasteiger partial charge in [0.25, 0.3) is 0 Å². The molecule has 0 spiro atoms. The van der Waals surface area contributed by atoms with E-state index in [1.807, 2.05) is 61.5 Å². The van der Waals surface area contributed by atoms with Crippen molar-refractivity contribution in [3.05, 3.63) is 12.2 Å². The molecule has 89 heavy (non-hydrogen) atoms. The summed E-state index contributed by atoms with van der Waals surface area (Å²) in [4.78, 5) is 169. The highest BCUT2D eigenvalue weighted by Crippen LogP contribution is 2.26. The van der Waals surface area contributed by atoms with Gasteiger partial charge in [-0.3, -0.25) is 56.9 Å². The Morgan fingerprint density at radius 2 is 0.876 bits per heavy atom. The Bertz CT molecular complexity index is 2430. The molecule has 0 bridgehead atoms. The van der Waals surface area contributed by atoms with Crippen LogP contribution in [0, 0.1) is 41.4 Å². The van der Waals surface area contributed by atoms with Crippen molar-refractivity contribution in [1.82, 2.24) is 55.6 Å². The first-order valence-electron chi connectivity index (χ1n) is 31.5. The molecular weight excluding hydrogens is 1160 g/mol. The molecule has 5 N–H and O–H groups in total. The molecule has 0 aromatic heterocycles. The maximum atomic E-state index is 15.1. The average molecular weight is 1280 g/mol. The Morgan fingerprint density at radius 3 is 1.30 bits per heavy atom. The standard InChI is InChI=1S/C62H111N11O12.C2H6OS/c1-25-27-28-40(15)52(75)51-56(79)65-43(26-2)58(81)67(18)33-48(74)68(19)44(29-34(3)4)55(78)66-49(38(11)12)61(84)69(20)45(30-35(5)6)54(77)63-41(16)53(76)64-42(17)57(80)70(21)46(31-36(7)8)59(82)71(22)47(32-37(9)10)60(83)72(23)50(39(13)14)62(85)73(51)24;1-4(2)3/h25,27,34-47,49-52,75H,26,28-33H2,1-24H3,(H,63,77)(H,64,76)(H,65,79)(H,66,78);1-2H3/b27-25+;/t40-,41+,42-,43+,44+,45+,46+,47+,49+,50+,51+,52-;/m1./s1. The number of aliphatic hydroxyl groups is 1. The second kappa shape index (κ2) is 38.7. The lowest BCUT2D eigenvalue weighted by atomic mass is 9.91. The molecule has 12 atom stereocenters. The molecule has 1 heterocycles. The fraction of sp³-hybridized carbons (Fsp3) is 0.797. The van der Waals surface area contributed by atoms with Crippen molar-refractivity contribution in [3.8, 4) is 0 Å². The van der Waals surface area contributed by atoms with Crippen LogP contribution in [0.3, 0.4) is 0 Å². The van der Waals surface area contributed by atoms with Crippen molar-refractivity contribution in [3.63, 3.8) is 0 Å². The molecule has 11 amide bonds. The largest absolute Gasteiger partial charge is 0.390 e. The summed E-state index contributed by atoms with van der Waals surface area (Å²) in [6.45, 7) is 29.3. The summed E-state index contributed by atoms with van der Waals surface area (Å²) < 4.78 is 9.56. The Labute approximate surface area is 536 Å². The van der Waals surface area contributed by atoms with E-state index in [0.29, 0.717) is 6.42 Å². The lowest BCUT2D eigenvalue weighted by Crippen LogP contribution is -2.63. The Hall–Kier alpha value is -5.98. The van der Waals surface area contributed by atoms with Crippen LogP contribution in [-0.2, 0) is 63.5 Å². The van der Waals surface area contributed by atoms with Gasteiger partial charge >= 0.3 is 0 Å². The van der Waals surface area contributed by atoms with Gasteiger partial charge in [0.1, 0.15) is 60.4 Å². The number of hydrogen-bond donors (Lipinski definition) is 5. The van der Waals surface area contributed by atoms with Gasteiger partial charge in [-0.25, -0.2) is 0 Å². The zero-order chi connectivity index (χ0) is 69.6. The summed E-state index contributed by atoms with van der Waals surface area (Å²) >= 11 is 0. The predicted molar refractivity (Wildman–Crippen MR) is 348 cm³/mol. The molecule has 0 aliphatic carbocycles. The molecule has 1 saturated heterocycles. The number of carbonyl (C=O) groups excluding carboxylic acids is 11. The number of allylic oxidation sites excluding steroid dienone is 2. The first-order valence-corrected chi connectivity index (χ1v) is 33.5. The monoisotopic (exact) mass is 1280 g/mol. The lowest BCUT2D eigenvalue weighted by molar-refractivity contribution is -0.157. The molecule has 25 heteroatoms. The summed E-state index contributed by atoms with van der Waals surface area (Å²) in [6, 6.07) is -12.3. The highest BCUT2D eigenvalue weighted by molar-refractivity contribution is 7.83. The van der Waals surface area contributed by atoms with Crippen molar-refractivity contribution >= 4 is 75.8 Å².